The molecule has 2 saturated heterocycles. The lowest BCUT2D eigenvalue weighted by atomic mass is 9.86. The van der Waals surface area contributed by atoms with Gasteiger partial charge in [0.2, 0.25) is 5.95 Å². The summed E-state index contributed by atoms with van der Waals surface area (Å²) in [6, 6.07) is 4.22. The molecule has 2 aromatic heterocycles. The molecule has 0 N–H and O–H groups in total. The van der Waals surface area contributed by atoms with Crippen LogP contribution in [0.5, 0.6) is 0 Å². The topological polar surface area (TPSA) is 45.2 Å². The van der Waals surface area contributed by atoms with Crippen LogP contribution in [0.1, 0.15) is 36.8 Å². The van der Waals surface area contributed by atoms with E-state index in [2.05, 4.69) is 30.8 Å². The fourth-order valence-electron chi connectivity index (χ4n) is 4.25. The van der Waals surface area contributed by atoms with Crippen molar-refractivity contribution in [2.45, 2.75) is 44.7 Å². The van der Waals surface area contributed by atoms with Crippen LogP contribution < -0.4 is 4.90 Å². The van der Waals surface area contributed by atoms with Gasteiger partial charge in [0, 0.05) is 50.0 Å². The molecule has 24 heavy (non-hydrogen) atoms. The minimum atomic E-state index is 0.266. The Morgan fingerprint density at radius 3 is 2.62 bits per heavy atom. The second-order valence-electron chi connectivity index (χ2n) is 7.20. The molecule has 2 aliphatic rings. The zero-order chi connectivity index (χ0) is 16.4. The van der Waals surface area contributed by atoms with E-state index in [1.54, 1.807) is 0 Å². The SMILES string of the molecule is Cc1cnc(N2CCC[C@]3(CCCN3Cc3cccnc3)C2)nc1. The van der Waals surface area contributed by atoms with Gasteiger partial charge in [-0.3, -0.25) is 9.88 Å². The molecule has 2 aromatic rings. The Morgan fingerprint density at radius 1 is 1.08 bits per heavy atom. The highest BCUT2D eigenvalue weighted by Crippen LogP contribution is 2.38. The zero-order valence-corrected chi connectivity index (χ0v) is 14.4. The Hall–Kier alpha value is -2.01. The van der Waals surface area contributed by atoms with Crippen LogP contribution in [0.3, 0.4) is 0 Å². The molecule has 0 saturated carbocycles. The van der Waals surface area contributed by atoms with Crippen molar-refractivity contribution < 1.29 is 0 Å². The predicted molar refractivity (Wildman–Crippen MR) is 94.8 cm³/mol. The molecule has 1 spiro atoms. The Bertz CT molecular complexity index is 672. The zero-order valence-electron chi connectivity index (χ0n) is 14.4. The third kappa shape index (κ3) is 3.00. The van der Waals surface area contributed by atoms with Crippen molar-refractivity contribution >= 4 is 5.95 Å². The molecule has 4 rings (SSSR count). The van der Waals surface area contributed by atoms with E-state index in [9.17, 15) is 0 Å². The van der Waals surface area contributed by atoms with Crippen molar-refractivity contribution in [3.8, 4) is 0 Å². The summed E-state index contributed by atoms with van der Waals surface area (Å²) in [5.74, 6) is 0.882. The molecular formula is C19H25N5. The Kier molecular flexibility index (Phi) is 4.19. The van der Waals surface area contributed by atoms with E-state index in [0.717, 1.165) is 31.1 Å². The summed E-state index contributed by atoms with van der Waals surface area (Å²) in [7, 11) is 0. The Morgan fingerprint density at radius 2 is 1.88 bits per heavy atom. The van der Waals surface area contributed by atoms with Crippen molar-refractivity contribution in [3.63, 3.8) is 0 Å². The van der Waals surface area contributed by atoms with Gasteiger partial charge in [-0.15, -0.1) is 0 Å². The normalized spacial score (nSPS) is 24.6. The monoisotopic (exact) mass is 323 g/mol. The molecular weight excluding hydrogens is 298 g/mol. The van der Waals surface area contributed by atoms with Crippen LogP contribution in [0.25, 0.3) is 0 Å². The van der Waals surface area contributed by atoms with Crippen LogP contribution in [-0.2, 0) is 6.54 Å². The molecule has 5 heteroatoms. The van der Waals surface area contributed by atoms with Gasteiger partial charge in [0.05, 0.1) is 0 Å². The number of hydrogen-bond acceptors (Lipinski definition) is 5. The van der Waals surface area contributed by atoms with Crippen LogP contribution in [-0.4, -0.2) is 45.0 Å². The molecule has 0 bridgehead atoms. The maximum absolute atomic E-state index is 4.55. The van der Waals surface area contributed by atoms with Gasteiger partial charge in [-0.1, -0.05) is 6.07 Å². The summed E-state index contributed by atoms with van der Waals surface area (Å²) >= 11 is 0. The van der Waals surface area contributed by atoms with Gasteiger partial charge in [0.1, 0.15) is 0 Å². The molecule has 126 valence electrons. The summed E-state index contributed by atoms with van der Waals surface area (Å²) in [4.78, 5) is 18.4. The Balaban J connectivity index is 1.53. The first-order valence-electron chi connectivity index (χ1n) is 8.93. The van der Waals surface area contributed by atoms with E-state index in [0.29, 0.717) is 0 Å². The van der Waals surface area contributed by atoms with E-state index >= 15 is 0 Å². The number of nitrogens with zero attached hydrogens (tertiary/aromatic N) is 5. The second-order valence-corrected chi connectivity index (χ2v) is 7.20. The van der Waals surface area contributed by atoms with Crippen LogP contribution >= 0.6 is 0 Å². The number of hydrogen-bond donors (Lipinski definition) is 0. The number of aromatic nitrogens is 3. The second kappa shape index (κ2) is 6.48. The summed E-state index contributed by atoms with van der Waals surface area (Å²) in [6.07, 6.45) is 12.7. The smallest absolute Gasteiger partial charge is 0.225 e. The third-order valence-corrected chi connectivity index (χ3v) is 5.44. The molecule has 0 aliphatic carbocycles. The number of anilines is 1. The van der Waals surface area contributed by atoms with E-state index in [1.807, 2.05) is 37.8 Å². The molecule has 0 unspecified atom stereocenters. The van der Waals surface area contributed by atoms with Gasteiger partial charge in [-0.05, 0) is 56.3 Å². The van der Waals surface area contributed by atoms with Crippen LogP contribution in [0.2, 0.25) is 0 Å². The quantitative estimate of drug-likeness (QED) is 0.869. The van der Waals surface area contributed by atoms with Gasteiger partial charge in [0.15, 0.2) is 0 Å². The van der Waals surface area contributed by atoms with Gasteiger partial charge >= 0.3 is 0 Å². The number of pyridine rings is 1. The fourth-order valence-corrected chi connectivity index (χ4v) is 4.25. The molecule has 0 aromatic carbocycles. The molecule has 0 radical (unpaired) electrons. The van der Waals surface area contributed by atoms with Gasteiger partial charge in [0.25, 0.3) is 0 Å². The summed E-state index contributed by atoms with van der Waals surface area (Å²) in [6.45, 7) is 6.31. The van der Waals surface area contributed by atoms with E-state index in [-0.39, 0.29) is 5.54 Å². The van der Waals surface area contributed by atoms with Gasteiger partial charge in [-0.2, -0.15) is 0 Å². The first-order chi connectivity index (χ1) is 11.8. The number of aryl methyl sites for hydroxylation is 1. The largest absolute Gasteiger partial charge is 0.339 e. The highest BCUT2D eigenvalue weighted by atomic mass is 15.3. The summed E-state index contributed by atoms with van der Waals surface area (Å²) < 4.78 is 0. The minimum absolute atomic E-state index is 0.266. The van der Waals surface area contributed by atoms with Gasteiger partial charge in [-0.25, -0.2) is 9.97 Å². The highest BCUT2D eigenvalue weighted by molar-refractivity contribution is 5.32. The van der Waals surface area contributed by atoms with Crippen molar-refractivity contribution in [2.24, 2.45) is 0 Å². The third-order valence-electron chi connectivity index (χ3n) is 5.44. The van der Waals surface area contributed by atoms with Crippen molar-refractivity contribution in [2.75, 3.05) is 24.5 Å². The van der Waals surface area contributed by atoms with Crippen molar-refractivity contribution in [1.29, 1.82) is 0 Å². The molecule has 5 nitrogen and oxygen atoms in total. The fraction of sp³-hybridized carbons (Fsp3) is 0.526. The number of rotatable bonds is 3. The highest BCUT2D eigenvalue weighted by Gasteiger charge is 2.44. The van der Waals surface area contributed by atoms with Crippen molar-refractivity contribution in [1.82, 2.24) is 19.9 Å². The molecule has 4 heterocycles. The van der Waals surface area contributed by atoms with Gasteiger partial charge < -0.3 is 4.90 Å². The molecule has 2 fully saturated rings. The maximum atomic E-state index is 4.55. The predicted octanol–water partition coefficient (Wildman–Crippen LogP) is 2.82. The lowest BCUT2D eigenvalue weighted by molar-refractivity contribution is 0.108. The summed E-state index contributed by atoms with van der Waals surface area (Å²) in [5.41, 5.74) is 2.69. The molecule has 0 amide bonds. The van der Waals surface area contributed by atoms with E-state index < -0.39 is 0 Å². The lowest BCUT2D eigenvalue weighted by Gasteiger charge is -2.46. The molecule has 2 aliphatic heterocycles. The Labute approximate surface area is 143 Å². The first kappa shape index (κ1) is 15.5. The summed E-state index contributed by atoms with van der Waals surface area (Å²) in [5, 5.41) is 0. The van der Waals surface area contributed by atoms with Crippen molar-refractivity contribution in [3.05, 3.63) is 48.0 Å². The average Bonchev–Trinajstić information content (AvgIpc) is 2.98. The van der Waals surface area contributed by atoms with Crippen LogP contribution in [0, 0.1) is 6.92 Å². The van der Waals surface area contributed by atoms with Crippen LogP contribution in [0.4, 0.5) is 5.95 Å². The maximum Gasteiger partial charge on any atom is 0.225 e. The number of likely N-dealkylation sites (tertiary alicyclic amines) is 1. The standard InChI is InChI=1S/C19H25N5/c1-16-11-21-18(22-12-16)23-9-3-6-19(15-23)7-4-10-24(19)14-17-5-2-8-20-13-17/h2,5,8,11-13H,3-4,6-7,9-10,14-15H2,1H3/t19-/m0/s1. The molecule has 1 atom stereocenters. The van der Waals surface area contributed by atoms with E-state index in [1.165, 1.54) is 37.8 Å². The minimum Gasteiger partial charge on any atom is -0.339 e. The first-order valence-corrected chi connectivity index (χ1v) is 8.93. The van der Waals surface area contributed by atoms with Crippen LogP contribution in [0.15, 0.2) is 36.9 Å². The lowest BCUT2D eigenvalue weighted by Crippen LogP contribution is -2.55. The number of piperidine rings is 1. The average molecular weight is 323 g/mol. The van der Waals surface area contributed by atoms with E-state index in [4.69, 9.17) is 0 Å².